The van der Waals surface area contributed by atoms with E-state index in [0.717, 1.165) is 10.6 Å². The third-order valence-corrected chi connectivity index (χ3v) is 4.29. The minimum Gasteiger partial charge on any atom is -0.542 e. The van der Waals surface area contributed by atoms with E-state index >= 15 is 0 Å². The van der Waals surface area contributed by atoms with Crippen molar-refractivity contribution >= 4 is 17.6 Å². The molecule has 0 fully saturated rings. The average molecular weight is 453 g/mol. The lowest BCUT2D eigenvalue weighted by Gasteiger charge is -2.03. The van der Waals surface area contributed by atoms with Gasteiger partial charge in [0.05, 0.1) is 0 Å². The molecule has 120 valence electrons. The highest BCUT2D eigenvalue weighted by Crippen LogP contribution is 2.11. The fourth-order valence-corrected chi connectivity index (χ4v) is 2.75. The van der Waals surface area contributed by atoms with Gasteiger partial charge in [-0.3, -0.25) is 0 Å². The molecule has 0 saturated heterocycles. The number of alkyl halides is 3. The number of halogens is 5. The van der Waals surface area contributed by atoms with E-state index in [-0.39, 0.29) is 21.2 Å². The van der Waals surface area contributed by atoms with Gasteiger partial charge in [0.2, 0.25) is 3.57 Å². The van der Waals surface area contributed by atoms with Gasteiger partial charge in [-0.05, 0) is 42.3 Å². The minimum absolute atomic E-state index is 0.232. The topological polar surface area (TPSA) is 40.1 Å². The molecule has 0 aromatic heterocycles. The smallest absolute Gasteiger partial charge is 0.430 e. The molecule has 2 rings (SSSR count). The molecular weight excluding hydrogens is 444 g/mol. The van der Waals surface area contributed by atoms with Crippen molar-refractivity contribution in [3.63, 3.8) is 0 Å². The summed E-state index contributed by atoms with van der Waals surface area (Å²) in [6.07, 6.45) is -5.19. The van der Waals surface area contributed by atoms with Gasteiger partial charge in [0.15, 0.2) is 3.93 Å². The standard InChI is InChI=1S/C14H9ClI.C2HF3O2/c15-13-6-8-14(9-7-13)16-11-10-12-4-2-1-3-5-12;3-2(4,5)1(6)7/h1-9H;(H,6,7)/q+1;/p-1. The number of aliphatic carboxylic acids is 1. The molecule has 0 atom stereocenters. The molecule has 2 aromatic carbocycles. The Morgan fingerprint density at radius 1 is 1.04 bits per heavy atom. The summed E-state index contributed by atoms with van der Waals surface area (Å²) in [5.41, 5.74) is 1.08. The van der Waals surface area contributed by atoms with E-state index in [4.69, 9.17) is 21.5 Å². The first-order chi connectivity index (χ1) is 10.8. The average Bonchev–Trinajstić information content (AvgIpc) is 2.50. The second-order valence-electron chi connectivity index (χ2n) is 3.90. The van der Waals surface area contributed by atoms with Gasteiger partial charge >= 0.3 is 27.4 Å². The van der Waals surface area contributed by atoms with E-state index in [1.165, 1.54) is 3.57 Å². The van der Waals surface area contributed by atoms with Crippen LogP contribution < -0.4 is 26.3 Å². The number of benzene rings is 2. The Kier molecular flexibility index (Phi) is 7.92. The third-order valence-electron chi connectivity index (χ3n) is 2.16. The van der Waals surface area contributed by atoms with Crippen molar-refractivity contribution in [1.82, 2.24) is 0 Å². The molecule has 0 spiro atoms. The first kappa shape index (κ1) is 19.3. The maximum absolute atomic E-state index is 10.5. The van der Waals surface area contributed by atoms with Crippen molar-refractivity contribution in [3.05, 3.63) is 68.8 Å². The Morgan fingerprint density at radius 3 is 2.04 bits per heavy atom. The second-order valence-corrected chi connectivity index (χ2v) is 6.66. The zero-order chi connectivity index (χ0) is 17.3. The van der Waals surface area contributed by atoms with Crippen molar-refractivity contribution in [1.29, 1.82) is 0 Å². The van der Waals surface area contributed by atoms with Crippen LogP contribution in [0, 0.1) is 13.4 Å². The minimum atomic E-state index is -5.19. The normalized spacial score (nSPS) is 9.91. The SMILES string of the molecule is Clc1ccc([I+]C#Cc2ccccc2)cc1.O=C([O-])C(F)(F)F. The van der Waals surface area contributed by atoms with Crippen LogP contribution in [0.1, 0.15) is 5.56 Å². The van der Waals surface area contributed by atoms with E-state index in [0.29, 0.717) is 0 Å². The van der Waals surface area contributed by atoms with Gasteiger partial charge in [-0.25, -0.2) is 0 Å². The molecule has 7 heteroatoms. The van der Waals surface area contributed by atoms with E-state index < -0.39 is 12.1 Å². The number of carbonyl (C=O) groups is 1. The lowest BCUT2D eigenvalue weighted by atomic mass is 10.2. The molecule has 0 radical (unpaired) electrons. The lowest BCUT2D eigenvalue weighted by molar-refractivity contribution is -0.535. The number of carboxylic acids is 1. The second kappa shape index (κ2) is 9.43. The van der Waals surface area contributed by atoms with Crippen LogP contribution in [0.3, 0.4) is 0 Å². The molecule has 0 unspecified atom stereocenters. The van der Waals surface area contributed by atoms with Crippen molar-refractivity contribution < 1.29 is 44.3 Å². The fraction of sp³-hybridized carbons (Fsp3) is 0.0625. The van der Waals surface area contributed by atoms with Crippen molar-refractivity contribution in [2.24, 2.45) is 0 Å². The van der Waals surface area contributed by atoms with Crippen molar-refractivity contribution in [2.75, 3.05) is 0 Å². The summed E-state index contributed by atoms with van der Waals surface area (Å²) >= 11 is 5.59. The number of hydrogen-bond donors (Lipinski definition) is 0. The van der Waals surface area contributed by atoms with Gasteiger partial charge in [-0.15, -0.1) is 0 Å². The molecule has 2 nitrogen and oxygen atoms in total. The molecular formula is C16H9ClF3IO2. The van der Waals surface area contributed by atoms with Gasteiger partial charge in [-0.1, -0.05) is 29.8 Å². The Balaban J connectivity index is 0.000000322. The van der Waals surface area contributed by atoms with Gasteiger partial charge in [-0.2, -0.15) is 13.2 Å². The summed E-state index contributed by atoms with van der Waals surface area (Å²) in [7, 11) is 0. The van der Waals surface area contributed by atoms with Gasteiger partial charge in [0.25, 0.3) is 0 Å². The molecule has 0 bridgehead atoms. The van der Waals surface area contributed by atoms with Crippen molar-refractivity contribution in [3.8, 4) is 9.85 Å². The Hall–Kier alpha value is -1.72. The summed E-state index contributed by atoms with van der Waals surface area (Å²) in [5, 5.41) is 9.57. The summed E-state index contributed by atoms with van der Waals surface area (Å²) < 4.78 is 36.1. The third kappa shape index (κ3) is 8.47. The van der Waals surface area contributed by atoms with Gasteiger partial charge in [0.1, 0.15) is 5.97 Å². The summed E-state index contributed by atoms with van der Waals surface area (Å²) in [6, 6.07) is 18.0. The zero-order valence-electron chi connectivity index (χ0n) is 11.4. The fourth-order valence-electron chi connectivity index (χ4n) is 1.15. The molecule has 0 N–H and O–H groups in total. The molecule has 0 heterocycles. The number of carbonyl (C=O) groups excluding carboxylic acids is 1. The van der Waals surface area contributed by atoms with Crippen LogP contribution in [0.25, 0.3) is 0 Å². The molecule has 0 amide bonds. The Bertz CT molecular complexity index is 689. The Labute approximate surface area is 146 Å². The maximum atomic E-state index is 10.5. The molecule has 0 aliphatic heterocycles. The monoisotopic (exact) mass is 452 g/mol. The van der Waals surface area contributed by atoms with E-state index in [1.54, 1.807) is 0 Å². The van der Waals surface area contributed by atoms with Crippen LogP contribution in [0.15, 0.2) is 54.6 Å². The highest BCUT2D eigenvalue weighted by molar-refractivity contribution is 6.30. The highest BCUT2D eigenvalue weighted by Gasteiger charge is 2.28. The van der Waals surface area contributed by atoms with E-state index in [9.17, 15) is 13.2 Å². The molecule has 0 aliphatic rings. The number of rotatable bonds is 1. The summed E-state index contributed by atoms with van der Waals surface area (Å²) in [4.78, 5) is 8.78. The number of carboxylic acid groups (broad SMARTS) is 1. The molecule has 23 heavy (non-hydrogen) atoms. The van der Waals surface area contributed by atoms with Crippen LogP contribution in [-0.4, -0.2) is 12.1 Å². The van der Waals surface area contributed by atoms with Crippen LogP contribution in [0.4, 0.5) is 13.2 Å². The molecule has 2 aromatic rings. The van der Waals surface area contributed by atoms with E-state index in [1.807, 2.05) is 42.5 Å². The lowest BCUT2D eigenvalue weighted by Crippen LogP contribution is -3.59. The van der Waals surface area contributed by atoms with Gasteiger partial charge in [0, 0.05) is 10.6 Å². The van der Waals surface area contributed by atoms with Crippen LogP contribution in [0.5, 0.6) is 0 Å². The zero-order valence-corrected chi connectivity index (χ0v) is 14.3. The van der Waals surface area contributed by atoms with Crippen LogP contribution in [-0.2, 0) is 4.79 Å². The highest BCUT2D eigenvalue weighted by atomic mass is 127. The van der Waals surface area contributed by atoms with Gasteiger partial charge < -0.3 is 9.90 Å². The summed E-state index contributed by atoms with van der Waals surface area (Å²) in [5.74, 6) is 0.167. The predicted octanol–water partition coefficient (Wildman–Crippen LogP) is -0.0936. The molecule has 0 aliphatic carbocycles. The maximum Gasteiger partial charge on any atom is 0.430 e. The first-order valence-electron chi connectivity index (χ1n) is 6.02. The van der Waals surface area contributed by atoms with Crippen molar-refractivity contribution in [2.45, 2.75) is 6.18 Å². The first-order valence-corrected chi connectivity index (χ1v) is 8.56. The predicted molar refractivity (Wildman–Crippen MR) is 74.5 cm³/mol. The summed E-state index contributed by atoms with van der Waals surface area (Å²) in [6.45, 7) is 0. The number of hydrogen-bond acceptors (Lipinski definition) is 2. The largest absolute Gasteiger partial charge is 0.542 e. The Morgan fingerprint density at radius 2 is 1.57 bits per heavy atom. The molecule has 0 saturated carbocycles. The quantitative estimate of drug-likeness (QED) is 0.448. The van der Waals surface area contributed by atoms with E-state index in [2.05, 4.69) is 22.0 Å². The van der Waals surface area contributed by atoms with Crippen LogP contribution >= 0.6 is 11.6 Å². The van der Waals surface area contributed by atoms with Crippen LogP contribution in [0.2, 0.25) is 5.02 Å².